The van der Waals surface area contributed by atoms with Crippen molar-refractivity contribution in [2.45, 2.75) is 46.0 Å². The van der Waals surface area contributed by atoms with E-state index in [1.54, 1.807) is 6.08 Å². The Hall–Kier alpha value is -0.850. The minimum absolute atomic E-state index is 0.203. The molecule has 88 valence electrons. The average molecular weight is 218 g/mol. The lowest BCUT2D eigenvalue weighted by Crippen LogP contribution is -2.38. The van der Waals surface area contributed by atoms with E-state index in [9.17, 15) is 4.79 Å². The summed E-state index contributed by atoms with van der Waals surface area (Å²) in [6.45, 7) is 4.16. The van der Waals surface area contributed by atoms with Crippen LogP contribution in [0, 0.1) is 17.3 Å². The van der Waals surface area contributed by atoms with Gasteiger partial charge in [0.1, 0.15) is 0 Å². The summed E-state index contributed by atoms with van der Waals surface area (Å²) in [5.74, 6) is 1.09. The molecule has 2 rings (SSSR count). The molecule has 0 heterocycles. The van der Waals surface area contributed by atoms with E-state index < -0.39 is 0 Å². The van der Waals surface area contributed by atoms with Gasteiger partial charge < -0.3 is 0 Å². The molecule has 2 atom stereocenters. The van der Waals surface area contributed by atoms with Gasteiger partial charge in [-0.15, -0.1) is 0 Å². The molecule has 0 N–H and O–H groups in total. The van der Waals surface area contributed by atoms with E-state index in [0.717, 1.165) is 6.42 Å². The second-order valence-corrected chi connectivity index (χ2v) is 5.44. The van der Waals surface area contributed by atoms with E-state index in [1.165, 1.54) is 25.7 Å². The summed E-state index contributed by atoms with van der Waals surface area (Å²) in [4.78, 5) is 12.2. The minimum atomic E-state index is 0.203. The number of carbonyl (C=O) groups excluding carboxylic acids is 1. The van der Waals surface area contributed by atoms with Gasteiger partial charge in [-0.25, -0.2) is 0 Å². The van der Waals surface area contributed by atoms with E-state index >= 15 is 0 Å². The summed E-state index contributed by atoms with van der Waals surface area (Å²) in [5, 5.41) is 0. The molecule has 2 aliphatic rings. The van der Waals surface area contributed by atoms with Crippen LogP contribution in [0.1, 0.15) is 46.0 Å². The lowest BCUT2D eigenvalue weighted by Gasteiger charge is -2.40. The van der Waals surface area contributed by atoms with Crippen molar-refractivity contribution in [1.82, 2.24) is 0 Å². The van der Waals surface area contributed by atoms with Crippen LogP contribution < -0.4 is 0 Å². The highest BCUT2D eigenvalue weighted by Crippen LogP contribution is 2.51. The summed E-state index contributed by atoms with van der Waals surface area (Å²) in [7, 11) is 0. The fraction of sp³-hybridized carbons (Fsp3) is 0.667. The monoisotopic (exact) mass is 218 g/mol. The third-order valence-corrected chi connectivity index (χ3v) is 4.32. The van der Waals surface area contributed by atoms with Crippen LogP contribution in [-0.4, -0.2) is 5.78 Å². The van der Waals surface area contributed by atoms with Gasteiger partial charge in [0.2, 0.25) is 0 Å². The van der Waals surface area contributed by atoms with Crippen molar-refractivity contribution in [2.24, 2.45) is 17.3 Å². The molecule has 0 radical (unpaired) electrons. The zero-order valence-corrected chi connectivity index (χ0v) is 10.4. The topological polar surface area (TPSA) is 17.1 Å². The van der Waals surface area contributed by atoms with Crippen molar-refractivity contribution in [3.63, 3.8) is 0 Å². The first-order chi connectivity index (χ1) is 7.69. The van der Waals surface area contributed by atoms with Crippen molar-refractivity contribution < 1.29 is 4.79 Å². The maximum Gasteiger partial charge on any atom is 0.159 e. The highest BCUT2D eigenvalue weighted by Gasteiger charge is 2.45. The predicted molar refractivity (Wildman–Crippen MR) is 67.1 cm³/mol. The van der Waals surface area contributed by atoms with Gasteiger partial charge in [-0.3, -0.25) is 4.79 Å². The Morgan fingerprint density at radius 1 is 1.38 bits per heavy atom. The summed E-state index contributed by atoms with van der Waals surface area (Å²) < 4.78 is 0. The minimum Gasteiger partial charge on any atom is -0.295 e. The zero-order valence-electron chi connectivity index (χ0n) is 10.4. The maximum atomic E-state index is 12.2. The van der Waals surface area contributed by atoms with Gasteiger partial charge in [-0.1, -0.05) is 38.0 Å². The third kappa shape index (κ3) is 1.88. The van der Waals surface area contributed by atoms with Gasteiger partial charge in [0.05, 0.1) is 0 Å². The largest absolute Gasteiger partial charge is 0.295 e. The quantitative estimate of drug-likeness (QED) is 0.507. The molecule has 1 saturated carbocycles. The molecule has 0 saturated heterocycles. The Morgan fingerprint density at radius 2 is 2.06 bits per heavy atom. The SMILES string of the molecule is C/C=C/C(=O)[C@H]1[C@@H](C)CC=CC12CCCC2. The maximum absolute atomic E-state index is 12.2. The van der Waals surface area contributed by atoms with Crippen LogP contribution >= 0.6 is 0 Å². The van der Waals surface area contributed by atoms with Gasteiger partial charge in [0.15, 0.2) is 5.78 Å². The van der Waals surface area contributed by atoms with Crippen LogP contribution in [-0.2, 0) is 4.79 Å². The van der Waals surface area contributed by atoms with Crippen molar-refractivity contribution in [1.29, 1.82) is 0 Å². The van der Waals surface area contributed by atoms with Crippen molar-refractivity contribution in [3.05, 3.63) is 24.3 Å². The molecule has 0 aromatic rings. The predicted octanol–water partition coefficient (Wildman–Crippen LogP) is 3.90. The summed E-state index contributed by atoms with van der Waals surface area (Å²) in [6.07, 6.45) is 14.4. The number of carbonyl (C=O) groups is 1. The summed E-state index contributed by atoms with van der Waals surface area (Å²) in [6, 6.07) is 0. The third-order valence-electron chi connectivity index (χ3n) is 4.32. The smallest absolute Gasteiger partial charge is 0.159 e. The molecule has 1 fully saturated rings. The lowest BCUT2D eigenvalue weighted by atomic mass is 9.63. The highest BCUT2D eigenvalue weighted by molar-refractivity contribution is 5.92. The Morgan fingerprint density at radius 3 is 2.69 bits per heavy atom. The standard InChI is InChI=1S/C15H22O/c1-3-7-13(16)14-12(2)8-6-11-15(14)9-4-5-10-15/h3,6-7,11-12,14H,4-5,8-10H2,1-2H3/b7-3+/t12-,14+/m0/s1. The highest BCUT2D eigenvalue weighted by atomic mass is 16.1. The fourth-order valence-electron chi connectivity index (χ4n) is 3.67. The first-order valence-electron chi connectivity index (χ1n) is 6.54. The van der Waals surface area contributed by atoms with E-state index in [1.807, 2.05) is 13.0 Å². The Bertz CT molecular complexity index is 318. The Kier molecular flexibility index (Phi) is 3.32. The molecular weight excluding hydrogens is 196 g/mol. The number of hydrogen-bond donors (Lipinski definition) is 0. The number of allylic oxidation sites excluding steroid dienone is 4. The molecule has 0 unspecified atom stereocenters. The van der Waals surface area contributed by atoms with E-state index in [0.29, 0.717) is 11.7 Å². The molecule has 1 spiro atoms. The van der Waals surface area contributed by atoms with E-state index in [4.69, 9.17) is 0 Å². The van der Waals surface area contributed by atoms with Crippen LogP contribution in [0.2, 0.25) is 0 Å². The molecular formula is C15H22O. The van der Waals surface area contributed by atoms with Gasteiger partial charge in [0, 0.05) is 5.92 Å². The molecule has 0 amide bonds. The molecule has 16 heavy (non-hydrogen) atoms. The van der Waals surface area contributed by atoms with Crippen LogP contribution in [0.15, 0.2) is 24.3 Å². The van der Waals surface area contributed by atoms with E-state index in [-0.39, 0.29) is 11.3 Å². The van der Waals surface area contributed by atoms with Gasteiger partial charge in [-0.05, 0) is 43.6 Å². The summed E-state index contributed by atoms with van der Waals surface area (Å²) >= 11 is 0. The van der Waals surface area contributed by atoms with Crippen molar-refractivity contribution >= 4 is 5.78 Å². The Labute approximate surface area is 98.6 Å². The molecule has 0 aromatic carbocycles. The van der Waals surface area contributed by atoms with Crippen molar-refractivity contribution in [3.8, 4) is 0 Å². The van der Waals surface area contributed by atoms with Crippen molar-refractivity contribution in [2.75, 3.05) is 0 Å². The first-order valence-corrected chi connectivity index (χ1v) is 6.54. The first kappa shape index (κ1) is 11.6. The Balaban J connectivity index is 2.30. The second-order valence-electron chi connectivity index (χ2n) is 5.44. The molecule has 0 bridgehead atoms. The molecule has 0 aromatic heterocycles. The fourth-order valence-corrected chi connectivity index (χ4v) is 3.67. The second kappa shape index (κ2) is 4.57. The van der Waals surface area contributed by atoms with E-state index in [2.05, 4.69) is 19.1 Å². The van der Waals surface area contributed by atoms with Crippen LogP contribution in [0.25, 0.3) is 0 Å². The van der Waals surface area contributed by atoms with Crippen LogP contribution in [0.5, 0.6) is 0 Å². The number of ketones is 1. The molecule has 2 aliphatic carbocycles. The lowest BCUT2D eigenvalue weighted by molar-refractivity contribution is -0.123. The van der Waals surface area contributed by atoms with Gasteiger partial charge in [-0.2, -0.15) is 0 Å². The summed E-state index contributed by atoms with van der Waals surface area (Å²) in [5.41, 5.74) is 0.203. The van der Waals surface area contributed by atoms with Crippen LogP contribution in [0.3, 0.4) is 0 Å². The zero-order chi connectivity index (χ0) is 11.6. The van der Waals surface area contributed by atoms with Crippen LogP contribution in [0.4, 0.5) is 0 Å². The van der Waals surface area contributed by atoms with Gasteiger partial charge >= 0.3 is 0 Å². The molecule has 1 heteroatoms. The molecule has 1 nitrogen and oxygen atoms in total. The molecule has 0 aliphatic heterocycles. The average Bonchev–Trinajstić information content (AvgIpc) is 2.67. The normalized spacial score (nSPS) is 32.6. The number of rotatable bonds is 2. The number of hydrogen-bond acceptors (Lipinski definition) is 1. The van der Waals surface area contributed by atoms with Gasteiger partial charge in [0.25, 0.3) is 0 Å².